The lowest BCUT2D eigenvalue weighted by Gasteiger charge is -2.13. The summed E-state index contributed by atoms with van der Waals surface area (Å²) in [5.41, 5.74) is 2.80. The minimum atomic E-state index is -3.99. The molecule has 1 amide bonds. The molecule has 1 aromatic heterocycles. The molecule has 0 aliphatic heterocycles. The predicted octanol–water partition coefficient (Wildman–Crippen LogP) is 3.93. The number of hydrogen-bond acceptors (Lipinski definition) is 5. The Morgan fingerprint density at radius 3 is 2.58 bits per heavy atom. The van der Waals surface area contributed by atoms with Crippen LogP contribution in [0.3, 0.4) is 0 Å². The second kappa shape index (κ2) is 8.11. The van der Waals surface area contributed by atoms with Crippen LogP contribution in [0, 0.1) is 6.92 Å². The molecule has 4 rings (SSSR count). The summed E-state index contributed by atoms with van der Waals surface area (Å²) in [5.74, 6) is -0.330. The fraction of sp³-hybridized carbons (Fsp3) is 0.0909. The maximum absolute atomic E-state index is 13.0. The van der Waals surface area contributed by atoms with Crippen LogP contribution in [0.5, 0.6) is 5.75 Å². The number of rotatable bonds is 6. The normalized spacial score (nSPS) is 11.3. The van der Waals surface area contributed by atoms with E-state index in [1.165, 1.54) is 25.3 Å². The summed E-state index contributed by atoms with van der Waals surface area (Å²) in [7, 11) is -2.62. The van der Waals surface area contributed by atoms with Crippen molar-refractivity contribution in [2.45, 2.75) is 11.8 Å². The van der Waals surface area contributed by atoms with Crippen LogP contribution in [-0.2, 0) is 10.0 Å². The van der Waals surface area contributed by atoms with Gasteiger partial charge in [-0.15, -0.1) is 0 Å². The quantitative estimate of drug-likeness (QED) is 0.424. The van der Waals surface area contributed by atoms with Crippen molar-refractivity contribution < 1.29 is 17.9 Å². The lowest BCUT2D eigenvalue weighted by atomic mass is 10.2. The molecule has 31 heavy (non-hydrogen) atoms. The van der Waals surface area contributed by atoms with Gasteiger partial charge in [-0.2, -0.15) is 5.10 Å². The first-order valence-electron chi connectivity index (χ1n) is 9.38. The highest BCUT2D eigenvalue weighted by Gasteiger charge is 2.22. The molecule has 0 saturated heterocycles. The van der Waals surface area contributed by atoms with Crippen LogP contribution in [0.15, 0.2) is 71.8 Å². The van der Waals surface area contributed by atoms with Crippen molar-refractivity contribution in [2.75, 3.05) is 17.1 Å². The first kappa shape index (κ1) is 20.4. The van der Waals surface area contributed by atoms with Crippen molar-refractivity contribution in [1.29, 1.82) is 0 Å². The molecule has 0 bridgehead atoms. The van der Waals surface area contributed by atoms with Gasteiger partial charge in [-0.25, -0.2) is 8.42 Å². The first-order chi connectivity index (χ1) is 14.9. The van der Waals surface area contributed by atoms with Gasteiger partial charge in [0, 0.05) is 16.6 Å². The molecule has 0 aliphatic carbocycles. The standard InChI is InChI=1S/C22H20N4O4S/c1-14-6-9-17(10-7-14)26-31(28,29)20-12-15(8-11-19(20)30-2)22(27)24-18-5-3-4-16-13-23-25-21(16)18/h3-13,26H,1-2H3,(H,23,25)(H,24,27). The third-order valence-electron chi connectivity index (χ3n) is 4.74. The molecule has 0 fully saturated rings. The van der Waals surface area contributed by atoms with Gasteiger partial charge in [-0.3, -0.25) is 14.6 Å². The molecule has 0 aliphatic rings. The van der Waals surface area contributed by atoms with Gasteiger partial charge < -0.3 is 10.1 Å². The minimum absolute atomic E-state index is 0.131. The molecule has 8 nitrogen and oxygen atoms in total. The van der Waals surface area contributed by atoms with E-state index in [2.05, 4.69) is 20.2 Å². The number of methoxy groups -OCH3 is 1. The summed E-state index contributed by atoms with van der Waals surface area (Å²) in [6.45, 7) is 1.91. The van der Waals surface area contributed by atoms with Crippen LogP contribution in [0.4, 0.5) is 11.4 Å². The molecular weight excluding hydrogens is 416 g/mol. The zero-order valence-electron chi connectivity index (χ0n) is 16.8. The number of carbonyl (C=O) groups is 1. The van der Waals surface area contributed by atoms with Crippen molar-refractivity contribution in [3.05, 3.63) is 78.0 Å². The summed E-state index contributed by atoms with van der Waals surface area (Å²) in [6, 6.07) is 16.6. The second-order valence-electron chi connectivity index (χ2n) is 6.93. The fourth-order valence-electron chi connectivity index (χ4n) is 3.13. The van der Waals surface area contributed by atoms with Crippen LogP contribution in [0.25, 0.3) is 10.9 Å². The van der Waals surface area contributed by atoms with Gasteiger partial charge in [0.25, 0.3) is 15.9 Å². The van der Waals surface area contributed by atoms with E-state index in [-0.39, 0.29) is 16.2 Å². The number of nitrogens with zero attached hydrogens (tertiary/aromatic N) is 1. The number of anilines is 2. The third kappa shape index (κ3) is 4.22. The molecule has 158 valence electrons. The highest BCUT2D eigenvalue weighted by Crippen LogP contribution is 2.28. The molecule has 1 heterocycles. The van der Waals surface area contributed by atoms with Gasteiger partial charge in [-0.05, 0) is 43.3 Å². The number of ether oxygens (including phenoxy) is 1. The number of amides is 1. The average molecular weight is 436 g/mol. The predicted molar refractivity (Wildman–Crippen MR) is 119 cm³/mol. The van der Waals surface area contributed by atoms with E-state index in [9.17, 15) is 13.2 Å². The van der Waals surface area contributed by atoms with Crippen molar-refractivity contribution in [3.63, 3.8) is 0 Å². The lowest BCUT2D eigenvalue weighted by Crippen LogP contribution is -2.17. The Labute approximate surface area is 179 Å². The van der Waals surface area contributed by atoms with Crippen molar-refractivity contribution in [3.8, 4) is 5.75 Å². The van der Waals surface area contributed by atoms with Crippen LogP contribution >= 0.6 is 0 Å². The highest BCUT2D eigenvalue weighted by atomic mass is 32.2. The van der Waals surface area contributed by atoms with E-state index in [1.807, 2.05) is 13.0 Å². The second-order valence-corrected chi connectivity index (χ2v) is 8.58. The van der Waals surface area contributed by atoms with E-state index in [0.717, 1.165) is 10.9 Å². The van der Waals surface area contributed by atoms with Gasteiger partial charge in [0.15, 0.2) is 0 Å². The van der Waals surface area contributed by atoms with E-state index >= 15 is 0 Å². The van der Waals surface area contributed by atoms with Gasteiger partial charge in [-0.1, -0.05) is 29.8 Å². The summed E-state index contributed by atoms with van der Waals surface area (Å²) in [5, 5.41) is 10.5. The number of aromatic amines is 1. The Morgan fingerprint density at radius 1 is 1.06 bits per heavy atom. The van der Waals surface area contributed by atoms with Crippen molar-refractivity contribution in [1.82, 2.24) is 10.2 Å². The van der Waals surface area contributed by atoms with Gasteiger partial charge >= 0.3 is 0 Å². The van der Waals surface area contributed by atoms with Crippen molar-refractivity contribution in [2.24, 2.45) is 0 Å². The fourth-order valence-corrected chi connectivity index (χ4v) is 4.38. The Morgan fingerprint density at radius 2 is 1.84 bits per heavy atom. The number of H-pyrrole nitrogens is 1. The molecule has 0 unspecified atom stereocenters. The maximum atomic E-state index is 13.0. The van der Waals surface area contributed by atoms with E-state index in [0.29, 0.717) is 16.9 Å². The van der Waals surface area contributed by atoms with Gasteiger partial charge in [0.05, 0.1) is 24.5 Å². The smallest absolute Gasteiger partial charge is 0.265 e. The number of sulfonamides is 1. The largest absolute Gasteiger partial charge is 0.495 e. The summed E-state index contributed by atoms with van der Waals surface area (Å²) < 4.78 is 33.8. The number of carbonyl (C=O) groups excluding carboxylic acids is 1. The van der Waals surface area contributed by atoms with E-state index in [4.69, 9.17) is 4.74 Å². The molecular formula is C22H20N4O4S. The molecule has 0 saturated carbocycles. The molecule has 0 spiro atoms. The molecule has 0 atom stereocenters. The minimum Gasteiger partial charge on any atom is -0.495 e. The number of aryl methyl sites for hydroxylation is 1. The van der Waals surface area contributed by atoms with Crippen LogP contribution < -0.4 is 14.8 Å². The topological polar surface area (TPSA) is 113 Å². The number of para-hydroxylation sites is 1. The number of hydrogen-bond donors (Lipinski definition) is 3. The average Bonchev–Trinajstić information content (AvgIpc) is 3.25. The molecule has 3 aromatic carbocycles. The molecule has 9 heteroatoms. The summed E-state index contributed by atoms with van der Waals surface area (Å²) in [4.78, 5) is 12.7. The van der Waals surface area contributed by atoms with Gasteiger partial charge in [0.1, 0.15) is 10.6 Å². The molecule has 4 aromatic rings. The van der Waals surface area contributed by atoms with Crippen LogP contribution in [0.2, 0.25) is 0 Å². The van der Waals surface area contributed by atoms with Crippen LogP contribution in [0.1, 0.15) is 15.9 Å². The highest BCUT2D eigenvalue weighted by molar-refractivity contribution is 7.92. The summed E-state index contributed by atoms with van der Waals surface area (Å²) in [6.07, 6.45) is 1.65. The number of aromatic nitrogens is 2. The van der Waals surface area contributed by atoms with Crippen molar-refractivity contribution >= 4 is 38.2 Å². The Kier molecular flexibility index (Phi) is 5.35. The number of benzene rings is 3. The van der Waals surface area contributed by atoms with E-state index < -0.39 is 15.9 Å². The number of nitrogens with one attached hydrogen (secondary N) is 3. The number of fused-ring (bicyclic) bond motifs is 1. The zero-order valence-corrected chi connectivity index (χ0v) is 17.7. The maximum Gasteiger partial charge on any atom is 0.265 e. The SMILES string of the molecule is COc1ccc(C(=O)Nc2cccc3cn[nH]c23)cc1S(=O)(=O)Nc1ccc(C)cc1. The monoisotopic (exact) mass is 436 g/mol. The first-order valence-corrected chi connectivity index (χ1v) is 10.9. The zero-order chi connectivity index (χ0) is 22.0. The van der Waals surface area contributed by atoms with Gasteiger partial charge in [0.2, 0.25) is 0 Å². The Hall–Kier alpha value is -3.85. The molecule has 0 radical (unpaired) electrons. The third-order valence-corrected chi connectivity index (χ3v) is 6.15. The Balaban J connectivity index is 1.66. The Bertz CT molecular complexity index is 1360. The lowest BCUT2D eigenvalue weighted by molar-refractivity contribution is 0.102. The summed E-state index contributed by atoms with van der Waals surface area (Å²) >= 11 is 0. The van der Waals surface area contributed by atoms with E-state index in [1.54, 1.807) is 42.6 Å². The molecule has 3 N–H and O–H groups in total. The van der Waals surface area contributed by atoms with Crippen LogP contribution in [-0.4, -0.2) is 31.6 Å².